The van der Waals surface area contributed by atoms with E-state index in [9.17, 15) is 5.11 Å². The van der Waals surface area contributed by atoms with E-state index >= 15 is 0 Å². The maximum Gasteiger partial charge on any atom is 0.205 e. The Balaban J connectivity index is 1.67. The van der Waals surface area contributed by atoms with Crippen LogP contribution in [-0.4, -0.2) is 52.5 Å². The van der Waals surface area contributed by atoms with E-state index in [0.29, 0.717) is 18.6 Å². The predicted octanol–water partition coefficient (Wildman–Crippen LogP) is 2.31. The molecule has 20 heavy (non-hydrogen) atoms. The molecule has 1 unspecified atom stereocenters. The lowest BCUT2D eigenvalue weighted by Gasteiger charge is -2.34. The molecular formula is C14H26N4OS. The van der Waals surface area contributed by atoms with Crippen LogP contribution in [0.15, 0.2) is 0 Å². The molecule has 1 fully saturated rings. The fourth-order valence-electron chi connectivity index (χ4n) is 2.58. The van der Waals surface area contributed by atoms with Crippen molar-refractivity contribution in [3.05, 3.63) is 5.01 Å². The lowest BCUT2D eigenvalue weighted by molar-refractivity contribution is 0.0901. The molecule has 0 aliphatic carbocycles. The van der Waals surface area contributed by atoms with Crippen molar-refractivity contribution in [3.8, 4) is 0 Å². The molecule has 1 aromatic heterocycles. The van der Waals surface area contributed by atoms with Gasteiger partial charge in [0.05, 0.1) is 6.61 Å². The third-order valence-corrected chi connectivity index (χ3v) is 4.97. The Morgan fingerprint density at radius 3 is 2.95 bits per heavy atom. The summed E-state index contributed by atoms with van der Waals surface area (Å²) in [5.74, 6) is 0.446. The number of aromatic nitrogens is 2. The van der Waals surface area contributed by atoms with E-state index in [0.717, 1.165) is 42.6 Å². The average Bonchev–Trinajstić information content (AvgIpc) is 2.93. The van der Waals surface area contributed by atoms with E-state index in [2.05, 4.69) is 34.3 Å². The number of aliphatic hydroxyl groups excluding tert-OH is 1. The van der Waals surface area contributed by atoms with Crippen molar-refractivity contribution < 1.29 is 5.11 Å². The van der Waals surface area contributed by atoms with Gasteiger partial charge in [-0.2, -0.15) is 0 Å². The van der Waals surface area contributed by atoms with Gasteiger partial charge < -0.3 is 10.4 Å². The van der Waals surface area contributed by atoms with E-state index in [4.69, 9.17) is 0 Å². The molecule has 0 bridgehead atoms. The predicted molar refractivity (Wildman–Crippen MR) is 83.4 cm³/mol. The second kappa shape index (κ2) is 7.90. The quantitative estimate of drug-likeness (QED) is 0.756. The van der Waals surface area contributed by atoms with Gasteiger partial charge in [-0.05, 0) is 25.8 Å². The smallest absolute Gasteiger partial charge is 0.205 e. The Morgan fingerprint density at radius 2 is 2.25 bits per heavy atom. The number of nitrogens with one attached hydrogen (secondary N) is 1. The summed E-state index contributed by atoms with van der Waals surface area (Å²) in [5, 5.41) is 23.1. The highest BCUT2D eigenvalue weighted by Gasteiger charge is 2.20. The molecule has 1 aliphatic rings. The lowest BCUT2D eigenvalue weighted by Crippen LogP contribution is -2.42. The van der Waals surface area contributed by atoms with E-state index in [1.807, 2.05) is 0 Å². The minimum Gasteiger partial charge on any atom is -0.395 e. The first-order valence-corrected chi connectivity index (χ1v) is 8.44. The van der Waals surface area contributed by atoms with Gasteiger partial charge in [-0.15, -0.1) is 10.2 Å². The summed E-state index contributed by atoms with van der Waals surface area (Å²) in [6, 6.07) is 0.373. The van der Waals surface area contributed by atoms with Gasteiger partial charge in [-0.3, -0.25) is 4.90 Å². The summed E-state index contributed by atoms with van der Waals surface area (Å²) in [4.78, 5) is 2.42. The van der Waals surface area contributed by atoms with Gasteiger partial charge in [0.25, 0.3) is 0 Å². The minimum atomic E-state index is 0.293. The highest BCUT2D eigenvalue weighted by molar-refractivity contribution is 7.15. The van der Waals surface area contributed by atoms with Crippen LogP contribution in [0.5, 0.6) is 0 Å². The molecule has 1 aromatic rings. The summed E-state index contributed by atoms with van der Waals surface area (Å²) in [6.45, 7) is 7.66. The Kier molecular flexibility index (Phi) is 6.19. The molecular weight excluding hydrogens is 272 g/mol. The van der Waals surface area contributed by atoms with Crippen LogP contribution in [0, 0.1) is 0 Å². The van der Waals surface area contributed by atoms with Gasteiger partial charge in [-0.1, -0.05) is 31.6 Å². The first kappa shape index (κ1) is 15.7. The van der Waals surface area contributed by atoms with E-state index in [-0.39, 0.29) is 0 Å². The van der Waals surface area contributed by atoms with Crippen LogP contribution in [-0.2, 0) is 0 Å². The van der Waals surface area contributed by atoms with Crippen LogP contribution < -0.4 is 5.32 Å². The molecule has 114 valence electrons. The largest absolute Gasteiger partial charge is 0.395 e. The maximum absolute atomic E-state index is 9.38. The van der Waals surface area contributed by atoms with Gasteiger partial charge in [0.2, 0.25) is 5.13 Å². The number of nitrogens with zero attached hydrogens (tertiary/aromatic N) is 3. The number of likely N-dealkylation sites (tertiary alicyclic amines) is 1. The van der Waals surface area contributed by atoms with Gasteiger partial charge >= 0.3 is 0 Å². The van der Waals surface area contributed by atoms with Crippen molar-refractivity contribution in [3.63, 3.8) is 0 Å². The monoisotopic (exact) mass is 298 g/mol. The number of hydrogen-bond acceptors (Lipinski definition) is 6. The summed E-state index contributed by atoms with van der Waals surface area (Å²) in [7, 11) is 0. The normalized spacial score (nSPS) is 20.5. The van der Waals surface area contributed by atoms with Crippen molar-refractivity contribution in [2.75, 3.05) is 31.6 Å². The van der Waals surface area contributed by atoms with Gasteiger partial charge in [0, 0.05) is 25.0 Å². The van der Waals surface area contributed by atoms with E-state index in [1.54, 1.807) is 11.3 Å². The Labute approximate surface area is 125 Å². The third kappa shape index (κ3) is 4.40. The number of hydrogen-bond donors (Lipinski definition) is 2. The number of aliphatic hydroxyl groups is 1. The Hall–Kier alpha value is -0.720. The van der Waals surface area contributed by atoms with Crippen molar-refractivity contribution in [1.82, 2.24) is 15.1 Å². The molecule has 0 aromatic carbocycles. The zero-order valence-corrected chi connectivity index (χ0v) is 13.3. The standard InChI is InChI=1S/C14H26N4OS/c1-11(2)13-16-17-14(20-13)15-7-5-9-18-8-4-3-6-12(18)10-19/h11-12,19H,3-10H2,1-2H3,(H,15,17). The molecule has 1 atom stereocenters. The molecule has 0 saturated carbocycles. The first-order valence-electron chi connectivity index (χ1n) is 7.63. The summed E-state index contributed by atoms with van der Waals surface area (Å²) >= 11 is 1.65. The zero-order valence-electron chi connectivity index (χ0n) is 12.5. The van der Waals surface area contributed by atoms with E-state index < -0.39 is 0 Å². The minimum absolute atomic E-state index is 0.293. The average molecular weight is 298 g/mol. The molecule has 0 spiro atoms. The third-order valence-electron chi connectivity index (χ3n) is 3.79. The van der Waals surface area contributed by atoms with E-state index in [1.165, 1.54) is 12.8 Å². The van der Waals surface area contributed by atoms with Crippen molar-refractivity contribution in [2.45, 2.75) is 51.5 Å². The molecule has 1 saturated heterocycles. The maximum atomic E-state index is 9.38. The Bertz CT molecular complexity index is 396. The van der Waals surface area contributed by atoms with Crippen LogP contribution in [0.2, 0.25) is 0 Å². The zero-order chi connectivity index (χ0) is 14.4. The van der Waals surface area contributed by atoms with Crippen LogP contribution >= 0.6 is 11.3 Å². The van der Waals surface area contributed by atoms with Gasteiger partial charge in [-0.25, -0.2) is 0 Å². The van der Waals surface area contributed by atoms with Crippen LogP contribution in [0.4, 0.5) is 5.13 Å². The molecule has 0 radical (unpaired) electrons. The summed E-state index contributed by atoms with van der Waals surface area (Å²) in [6.07, 6.45) is 4.73. The van der Waals surface area contributed by atoms with Crippen LogP contribution in [0.3, 0.4) is 0 Å². The molecule has 2 rings (SSSR count). The highest BCUT2D eigenvalue weighted by Crippen LogP contribution is 2.22. The molecule has 2 heterocycles. The topological polar surface area (TPSA) is 61.3 Å². The SMILES string of the molecule is CC(C)c1nnc(NCCCN2CCCCC2CO)s1. The molecule has 0 amide bonds. The van der Waals surface area contributed by atoms with Gasteiger partial charge in [0.1, 0.15) is 5.01 Å². The summed E-state index contributed by atoms with van der Waals surface area (Å²) < 4.78 is 0. The molecule has 2 N–H and O–H groups in total. The van der Waals surface area contributed by atoms with Crippen LogP contribution in [0.25, 0.3) is 0 Å². The Morgan fingerprint density at radius 1 is 1.40 bits per heavy atom. The first-order chi connectivity index (χ1) is 9.70. The molecule has 6 heteroatoms. The lowest BCUT2D eigenvalue weighted by atomic mass is 10.0. The van der Waals surface area contributed by atoms with Gasteiger partial charge in [0.15, 0.2) is 0 Å². The number of piperidine rings is 1. The summed E-state index contributed by atoms with van der Waals surface area (Å²) in [5.41, 5.74) is 0. The fraction of sp³-hybridized carbons (Fsp3) is 0.857. The van der Waals surface area contributed by atoms with Crippen molar-refractivity contribution >= 4 is 16.5 Å². The second-order valence-corrected chi connectivity index (χ2v) is 6.76. The van der Waals surface area contributed by atoms with Crippen molar-refractivity contribution in [1.29, 1.82) is 0 Å². The number of anilines is 1. The fourth-order valence-corrected chi connectivity index (χ4v) is 3.35. The molecule has 5 nitrogen and oxygen atoms in total. The van der Waals surface area contributed by atoms with Crippen molar-refractivity contribution in [2.24, 2.45) is 0 Å². The number of rotatable bonds is 7. The molecule has 1 aliphatic heterocycles. The second-order valence-electron chi connectivity index (χ2n) is 5.75. The van der Waals surface area contributed by atoms with Crippen LogP contribution in [0.1, 0.15) is 50.5 Å². The highest BCUT2D eigenvalue weighted by atomic mass is 32.1.